The molecule has 0 bridgehead atoms. The maximum Gasteiger partial charge on any atom is 0.355 e. The fraction of sp³-hybridized carbons (Fsp3) is 0.455. The number of esters is 1. The van der Waals surface area contributed by atoms with Crippen LogP contribution in [0.5, 0.6) is 5.75 Å². The first-order valence-electron chi connectivity index (χ1n) is 9.83. The van der Waals surface area contributed by atoms with Crippen LogP contribution < -0.4 is 15.4 Å². The molecule has 1 aromatic carbocycles. The smallest absolute Gasteiger partial charge is 0.355 e. The molecule has 1 amide bonds. The van der Waals surface area contributed by atoms with Gasteiger partial charge >= 0.3 is 5.97 Å². The Morgan fingerprint density at radius 1 is 1.10 bits per heavy atom. The Morgan fingerprint density at radius 2 is 1.76 bits per heavy atom. The number of ether oxygens (including phenoxy) is 2. The summed E-state index contributed by atoms with van der Waals surface area (Å²) in [6, 6.07) is 7.49. The first-order valence-corrected chi connectivity index (χ1v) is 9.83. The molecule has 7 heteroatoms. The quantitative estimate of drug-likeness (QED) is 0.584. The first kappa shape index (κ1) is 22.3. The third-order valence-electron chi connectivity index (χ3n) is 4.26. The summed E-state index contributed by atoms with van der Waals surface area (Å²) in [4.78, 5) is 28.6. The zero-order chi connectivity index (χ0) is 21.6. The van der Waals surface area contributed by atoms with Gasteiger partial charge in [-0.05, 0) is 63.9 Å². The molecule has 158 valence electrons. The van der Waals surface area contributed by atoms with Gasteiger partial charge in [-0.15, -0.1) is 0 Å². The fourth-order valence-corrected chi connectivity index (χ4v) is 3.01. The minimum atomic E-state index is -0.624. The van der Waals surface area contributed by atoms with Crippen molar-refractivity contribution in [1.29, 1.82) is 0 Å². The van der Waals surface area contributed by atoms with Gasteiger partial charge in [0.2, 0.25) is 0 Å². The van der Waals surface area contributed by atoms with Crippen LogP contribution in [-0.4, -0.2) is 36.1 Å². The van der Waals surface area contributed by atoms with Gasteiger partial charge in [-0.2, -0.15) is 0 Å². The van der Waals surface area contributed by atoms with Crippen molar-refractivity contribution in [3.05, 3.63) is 46.8 Å². The van der Waals surface area contributed by atoms with Crippen molar-refractivity contribution in [3.63, 3.8) is 0 Å². The van der Waals surface area contributed by atoms with Gasteiger partial charge < -0.3 is 25.1 Å². The summed E-state index contributed by atoms with van der Waals surface area (Å²) >= 11 is 0. The normalized spacial score (nSPS) is 11.1. The third kappa shape index (κ3) is 5.76. The monoisotopic (exact) mass is 401 g/mol. The molecular formula is C22H31N3O4. The lowest BCUT2D eigenvalue weighted by Gasteiger charge is -2.19. The summed E-state index contributed by atoms with van der Waals surface area (Å²) in [6.07, 6.45) is 0.528. The molecule has 0 aliphatic rings. The molecule has 0 saturated heterocycles. The third-order valence-corrected chi connectivity index (χ3v) is 4.26. The maximum atomic E-state index is 12.7. The van der Waals surface area contributed by atoms with Gasteiger partial charge in [-0.25, -0.2) is 4.79 Å². The number of aromatic nitrogens is 1. The van der Waals surface area contributed by atoms with E-state index in [2.05, 4.69) is 15.6 Å². The predicted octanol–water partition coefficient (Wildman–Crippen LogP) is 3.90. The Kier molecular flexibility index (Phi) is 7.31. The Labute approximate surface area is 172 Å². The van der Waals surface area contributed by atoms with Crippen LogP contribution in [0.4, 0.5) is 5.69 Å². The summed E-state index contributed by atoms with van der Waals surface area (Å²) < 4.78 is 10.7. The van der Waals surface area contributed by atoms with Crippen molar-refractivity contribution in [2.24, 2.45) is 0 Å². The number of benzene rings is 1. The van der Waals surface area contributed by atoms with Gasteiger partial charge in [0.1, 0.15) is 17.0 Å². The summed E-state index contributed by atoms with van der Waals surface area (Å²) in [6.45, 7) is 10.1. The summed E-state index contributed by atoms with van der Waals surface area (Å²) in [7, 11) is 1.62. The van der Waals surface area contributed by atoms with Crippen LogP contribution in [0.25, 0.3) is 0 Å². The summed E-state index contributed by atoms with van der Waals surface area (Å²) in [5, 5.41) is 6.12. The lowest BCUT2D eigenvalue weighted by atomic mass is 10.0. The van der Waals surface area contributed by atoms with Crippen molar-refractivity contribution in [2.45, 2.75) is 53.2 Å². The van der Waals surface area contributed by atoms with Crippen LogP contribution >= 0.6 is 0 Å². The number of hydrogen-bond acceptors (Lipinski definition) is 5. The predicted molar refractivity (Wildman–Crippen MR) is 114 cm³/mol. The highest BCUT2D eigenvalue weighted by atomic mass is 16.6. The van der Waals surface area contributed by atoms with Crippen molar-refractivity contribution < 1.29 is 19.1 Å². The van der Waals surface area contributed by atoms with Crippen molar-refractivity contribution in [1.82, 2.24) is 10.3 Å². The van der Waals surface area contributed by atoms with Crippen molar-refractivity contribution in [3.8, 4) is 5.75 Å². The number of carbonyl (C=O) groups excluding carboxylic acids is 2. The molecular weight excluding hydrogens is 370 g/mol. The Hall–Kier alpha value is -2.96. The molecule has 2 aromatic rings. The number of amides is 1. The van der Waals surface area contributed by atoms with Crippen LogP contribution in [0.2, 0.25) is 0 Å². The highest BCUT2D eigenvalue weighted by Gasteiger charge is 2.28. The fourth-order valence-electron chi connectivity index (χ4n) is 3.01. The Balaban J connectivity index is 2.37. The molecule has 1 heterocycles. The van der Waals surface area contributed by atoms with E-state index in [1.54, 1.807) is 7.11 Å². The zero-order valence-corrected chi connectivity index (χ0v) is 18.1. The lowest BCUT2D eigenvalue weighted by Crippen LogP contribution is -2.26. The van der Waals surface area contributed by atoms with Crippen molar-refractivity contribution in [2.75, 3.05) is 19.0 Å². The van der Waals surface area contributed by atoms with E-state index in [-0.39, 0.29) is 5.91 Å². The average Bonchev–Trinajstić information content (AvgIpc) is 3.04. The van der Waals surface area contributed by atoms with Gasteiger partial charge in [-0.1, -0.05) is 6.92 Å². The van der Waals surface area contributed by atoms with Crippen LogP contribution in [0.3, 0.4) is 0 Å². The van der Waals surface area contributed by atoms with Crippen LogP contribution in [-0.2, 0) is 17.7 Å². The standard InChI is InChI=1S/C22H31N3O4/c1-7-16-18(20(26)23-8-2)17(25-19(16)21(27)29-22(3,4)5)13-24-14-9-11-15(28-6)12-10-14/h9-12,24-25H,7-8,13H2,1-6H3,(H,23,26). The minimum absolute atomic E-state index is 0.207. The molecule has 0 saturated carbocycles. The van der Waals surface area contributed by atoms with Crippen LogP contribution in [0.15, 0.2) is 24.3 Å². The highest BCUT2D eigenvalue weighted by Crippen LogP contribution is 2.24. The molecule has 0 radical (unpaired) electrons. The molecule has 0 atom stereocenters. The van der Waals surface area contributed by atoms with Gasteiger partial charge in [0.25, 0.3) is 5.91 Å². The van der Waals surface area contributed by atoms with E-state index in [1.807, 2.05) is 58.9 Å². The number of hydrogen-bond donors (Lipinski definition) is 3. The van der Waals surface area contributed by atoms with E-state index in [1.165, 1.54) is 0 Å². The molecule has 29 heavy (non-hydrogen) atoms. The topological polar surface area (TPSA) is 92.5 Å². The van der Waals surface area contributed by atoms with Gasteiger partial charge in [0.15, 0.2) is 0 Å². The number of anilines is 1. The van der Waals surface area contributed by atoms with Gasteiger partial charge in [0, 0.05) is 17.9 Å². The van der Waals surface area contributed by atoms with E-state index in [9.17, 15) is 9.59 Å². The summed E-state index contributed by atoms with van der Waals surface area (Å²) in [5.41, 5.74) is 2.38. The molecule has 0 aliphatic carbocycles. The number of nitrogens with one attached hydrogen (secondary N) is 3. The van der Waals surface area contributed by atoms with Crippen LogP contribution in [0.1, 0.15) is 66.7 Å². The SMILES string of the molecule is CCNC(=O)c1c(CNc2ccc(OC)cc2)[nH]c(C(=O)OC(C)(C)C)c1CC. The molecule has 0 fully saturated rings. The number of H-pyrrole nitrogens is 1. The molecule has 2 rings (SSSR count). The van der Waals surface area contributed by atoms with Crippen LogP contribution in [0, 0.1) is 0 Å². The molecule has 7 nitrogen and oxygen atoms in total. The number of aromatic amines is 1. The van der Waals surface area contributed by atoms with E-state index < -0.39 is 11.6 Å². The maximum absolute atomic E-state index is 12.7. The summed E-state index contributed by atoms with van der Waals surface area (Å²) in [5.74, 6) is 0.0939. The van der Waals surface area contributed by atoms with E-state index in [4.69, 9.17) is 9.47 Å². The minimum Gasteiger partial charge on any atom is -0.497 e. The molecule has 0 unspecified atom stereocenters. The highest BCUT2D eigenvalue weighted by molar-refractivity contribution is 6.01. The van der Waals surface area contributed by atoms with E-state index in [0.29, 0.717) is 42.0 Å². The second-order valence-electron chi connectivity index (χ2n) is 7.63. The molecule has 1 aromatic heterocycles. The van der Waals surface area contributed by atoms with Gasteiger partial charge in [-0.3, -0.25) is 4.79 Å². The Bertz CT molecular complexity index is 848. The number of rotatable bonds is 8. The van der Waals surface area contributed by atoms with Gasteiger partial charge in [0.05, 0.1) is 19.2 Å². The molecule has 0 aliphatic heterocycles. The lowest BCUT2D eigenvalue weighted by molar-refractivity contribution is 0.00622. The average molecular weight is 402 g/mol. The van der Waals surface area contributed by atoms with E-state index in [0.717, 1.165) is 11.4 Å². The molecule has 0 spiro atoms. The largest absolute Gasteiger partial charge is 0.497 e. The van der Waals surface area contributed by atoms with E-state index >= 15 is 0 Å². The Morgan fingerprint density at radius 3 is 2.28 bits per heavy atom. The second kappa shape index (κ2) is 9.49. The zero-order valence-electron chi connectivity index (χ0n) is 18.1. The van der Waals surface area contributed by atoms with Crippen molar-refractivity contribution >= 4 is 17.6 Å². The number of methoxy groups -OCH3 is 1. The first-order chi connectivity index (χ1) is 13.7. The molecule has 3 N–H and O–H groups in total. The second-order valence-corrected chi connectivity index (χ2v) is 7.63. The number of carbonyl (C=O) groups is 2.